The molecule has 0 saturated carbocycles. The Morgan fingerprint density at radius 3 is 2.35 bits per heavy atom. The zero-order chi connectivity index (χ0) is 27.0. The molecule has 2 aromatic rings. The number of carboxylic acids is 1. The minimum absolute atomic E-state index is 0.0677. The van der Waals surface area contributed by atoms with E-state index in [4.69, 9.17) is 4.74 Å². The fourth-order valence-corrected chi connectivity index (χ4v) is 6.05. The van der Waals surface area contributed by atoms with Crippen LogP contribution in [0.3, 0.4) is 0 Å². The Morgan fingerprint density at radius 2 is 1.76 bits per heavy atom. The van der Waals surface area contributed by atoms with Crippen molar-refractivity contribution in [3.8, 4) is 5.75 Å². The number of aliphatic carboxylic acids is 1. The topological polar surface area (TPSA) is 116 Å². The first-order valence-electron chi connectivity index (χ1n) is 12.7. The summed E-state index contributed by atoms with van der Waals surface area (Å²) >= 11 is 0. The molecular formula is C27H37N3O6S. The lowest BCUT2D eigenvalue weighted by Crippen LogP contribution is -2.51. The lowest BCUT2D eigenvalue weighted by molar-refractivity contribution is -0.142. The first kappa shape index (κ1) is 28.6. The van der Waals surface area contributed by atoms with Crippen LogP contribution >= 0.6 is 0 Å². The molecule has 1 aliphatic heterocycles. The number of ether oxygens (including phenoxy) is 1. The molecule has 2 aromatic carbocycles. The summed E-state index contributed by atoms with van der Waals surface area (Å²) in [5.41, 5.74) is 1.65. The molecule has 0 radical (unpaired) electrons. The van der Waals surface area contributed by atoms with Gasteiger partial charge in [-0.3, -0.25) is 4.79 Å². The number of nitrogens with one attached hydrogen (secondary N) is 1. The Hall–Kier alpha value is -2.95. The van der Waals surface area contributed by atoms with Crippen LogP contribution in [0.5, 0.6) is 5.75 Å². The monoisotopic (exact) mass is 531 g/mol. The number of carbonyl (C=O) groups excluding carboxylic acids is 1. The summed E-state index contributed by atoms with van der Waals surface area (Å²) in [7, 11) is -3.88. The highest BCUT2D eigenvalue weighted by Gasteiger charge is 2.40. The molecule has 0 aromatic heterocycles. The van der Waals surface area contributed by atoms with E-state index in [1.54, 1.807) is 36.4 Å². The van der Waals surface area contributed by atoms with E-state index >= 15 is 0 Å². The molecule has 37 heavy (non-hydrogen) atoms. The normalized spacial score (nSPS) is 17.0. The minimum atomic E-state index is -3.88. The number of amides is 1. The van der Waals surface area contributed by atoms with Crippen LogP contribution in [-0.2, 0) is 26.0 Å². The first-order chi connectivity index (χ1) is 17.6. The summed E-state index contributed by atoms with van der Waals surface area (Å²) in [6.45, 7) is 9.56. The molecule has 0 spiro atoms. The van der Waals surface area contributed by atoms with Gasteiger partial charge in [0, 0.05) is 19.5 Å². The van der Waals surface area contributed by atoms with Crippen LogP contribution < -0.4 is 10.1 Å². The van der Waals surface area contributed by atoms with Gasteiger partial charge in [-0.15, -0.1) is 0 Å². The van der Waals surface area contributed by atoms with E-state index in [-0.39, 0.29) is 17.9 Å². The smallest absolute Gasteiger partial charge is 0.326 e. The molecular weight excluding hydrogens is 494 g/mol. The van der Waals surface area contributed by atoms with Gasteiger partial charge in [0.15, 0.2) is 0 Å². The summed E-state index contributed by atoms with van der Waals surface area (Å²) in [5, 5.41) is 12.3. The molecule has 202 valence electrons. The van der Waals surface area contributed by atoms with E-state index < -0.39 is 34.0 Å². The maximum Gasteiger partial charge on any atom is 0.326 e. The van der Waals surface area contributed by atoms with Crippen molar-refractivity contribution in [2.24, 2.45) is 0 Å². The van der Waals surface area contributed by atoms with Crippen molar-refractivity contribution in [1.82, 2.24) is 14.5 Å². The lowest BCUT2D eigenvalue weighted by Gasteiger charge is -2.25. The first-order valence-corrected chi connectivity index (χ1v) is 14.2. The molecule has 1 saturated heterocycles. The third kappa shape index (κ3) is 7.53. The third-order valence-electron chi connectivity index (χ3n) is 6.68. The number of rotatable bonds is 13. The van der Waals surface area contributed by atoms with E-state index in [2.05, 4.69) is 24.1 Å². The Labute approximate surface area is 219 Å². The minimum Gasteiger partial charge on any atom is -0.492 e. The van der Waals surface area contributed by atoms with Crippen LogP contribution in [-0.4, -0.2) is 79.5 Å². The predicted molar refractivity (Wildman–Crippen MR) is 141 cm³/mol. The fourth-order valence-electron chi connectivity index (χ4n) is 4.39. The molecule has 1 fully saturated rings. The van der Waals surface area contributed by atoms with Crippen molar-refractivity contribution in [1.29, 1.82) is 0 Å². The van der Waals surface area contributed by atoms with Gasteiger partial charge in [-0.2, -0.15) is 4.31 Å². The van der Waals surface area contributed by atoms with Crippen LogP contribution in [0, 0.1) is 6.92 Å². The van der Waals surface area contributed by atoms with Gasteiger partial charge in [-0.1, -0.05) is 43.7 Å². The molecule has 0 bridgehead atoms. The Balaban J connectivity index is 1.62. The van der Waals surface area contributed by atoms with Crippen LogP contribution in [0.15, 0.2) is 53.4 Å². The molecule has 9 nitrogen and oxygen atoms in total. The highest BCUT2D eigenvalue weighted by atomic mass is 32.2. The fraction of sp³-hybridized carbons (Fsp3) is 0.481. The van der Waals surface area contributed by atoms with E-state index in [1.807, 2.05) is 6.92 Å². The van der Waals surface area contributed by atoms with Crippen molar-refractivity contribution < 1.29 is 27.9 Å². The molecule has 10 heteroatoms. The lowest BCUT2D eigenvalue weighted by atomic mass is 10.1. The van der Waals surface area contributed by atoms with Crippen LogP contribution in [0.4, 0.5) is 0 Å². The molecule has 1 aliphatic rings. The number of hydrogen-bond acceptors (Lipinski definition) is 6. The van der Waals surface area contributed by atoms with Gasteiger partial charge in [-0.05, 0) is 62.7 Å². The van der Waals surface area contributed by atoms with E-state index in [0.29, 0.717) is 25.2 Å². The number of benzene rings is 2. The molecule has 0 aliphatic carbocycles. The standard InChI is InChI=1S/C27H37N3O6S/c1-4-29(5-2)17-18-36-22-12-10-21(11-13-22)19-24(27(32)33)28-26(31)25-7-6-16-30(25)37(34,35)23-14-8-20(3)9-15-23/h8-15,24-25H,4-7,16-19H2,1-3H3,(H,28,31)(H,32,33)/t24-,25-/m0/s1. The maximum absolute atomic E-state index is 13.2. The van der Waals surface area contributed by atoms with Crippen molar-refractivity contribution >= 4 is 21.9 Å². The summed E-state index contributed by atoms with van der Waals surface area (Å²) in [6, 6.07) is 11.4. The highest BCUT2D eigenvalue weighted by molar-refractivity contribution is 7.89. The maximum atomic E-state index is 13.2. The Kier molecular flexibility index (Phi) is 10.1. The largest absolute Gasteiger partial charge is 0.492 e. The second-order valence-corrected chi connectivity index (χ2v) is 11.1. The molecule has 1 amide bonds. The van der Waals surface area contributed by atoms with Gasteiger partial charge >= 0.3 is 5.97 Å². The highest BCUT2D eigenvalue weighted by Crippen LogP contribution is 2.26. The van der Waals surface area contributed by atoms with Crippen molar-refractivity contribution in [2.75, 3.05) is 32.8 Å². The average molecular weight is 532 g/mol. The van der Waals surface area contributed by atoms with E-state index in [0.717, 1.165) is 30.8 Å². The number of carboxylic acid groups (broad SMARTS) is 1. The summed E-state index contributed by atoms with van der Waals surface area (Å²) < 4.78 is 33.3. The molecule has 0 unspecified atom stereocenters. The second-order valence-electron chi connectivity index (χ2n) is 9.21. The molecule has 1 heterocycles. The number of carbonyl (C=O) groups is 2. The van der Waals surface area contributed by atoms with Crippen molar-refractivity contribution in [3.05, 3.63) is 59.7 Å². The number of hydrogen-bond donors (Lipinski definition) is 2. The summed E-state index contributed by atoms with van der Waals surface area (Å²) in [5.74, 6) is -1.09. The number of likely N-dealkylation sites (N-methyl/N-ethyl adjacent to an activating group) is 1. The molecule has 3 rings (SSSR count). The number of aryl methyl sites for hydroxylation is 1. The number of sulfonamides is 1. The number of nitrogens with zero attached hydrogens (tertiary/aromatic N) is 2. The SMILES string of the molecule is CCN(CC)CCOc1ccc(C[C@H](NC(=O)[C@@H]2CCCN2S(=O)(=O)c2ccc(C)cc2)C(=O)O)cc1. The van der Waals surface area contributed by atoms with Gasteiger partial charge in [0.2, 0.25) is 15.9 Å². The molecule has 2 atom stereocenters. The Morgan fingerprint density at radius 1 is 1.11 bits per heavy atom. The van der Waals surface area contributed by atoms with Crippen molar-refractivity contribution in [2.45, 2.75) is 57.0 Å². The van der Waals surface area contributed by atoms with E-state index in [9.17, 15) is 23.1 Å². The average Bonchev–Trinajstić information content (AvgIpc) is 3.39. The van der Waals surface area contributed by atoms with Gasteiger partial charge in [0.25, 0.3) is 0 Å². The predicted octanol–water partition coefficient (Wildman–Crippen LogP) is 2.68. The van der Waals surface area contributed by atoms with E-state index in [1.165, 1.54) is 16.4 Å². The molecule has 2 N–H and O–H groups in total. The zero-order valence-corrected chi connectivity index (χ0v) is 22.5. The Bertz CT molecular complexity index is 1150. The van der Waals surface area contributed by atoms with Crippen molar-refractivity contribution in [3.63, 3.8) is 0 Å². The zero-order valence-electron chi connectivity index (χ0n) is 21.7. The van der Waals surface area contributed by atoms with Gasteiger partial charge in [0.1, 0.15) is 24.4 Å². The second kappa shape index (κ2) is 13.0. The van der Waals surface area contributed by atoms with Crippen LogP contribution in [0.1, 0.15) is 37.8 Å². The van der Waals surface area contributed by atoms with Crippen LogP contribution in [0.2, 0.25) is 0 Å². The quantitative estimate of drug-likeness (QED) is 0.408. The van der Waals surface area contributed by atoms with Gasteiger partial charge < -0.3 is 20.1 Å². The third-order valence-corrected chi connectivity index (χ3v) is 8.60. The van der Waals surface area contributed by atoms with Gasteiger partial charge in [-0.25, -0.2) is 13.2 Å². The summed E-state index contributed by atoms with van der Waals surface area (Å²) in [4.78, 5) is 27.4. The van der Waals surface area contributed by atoms with Gasteiger partial charge in [0.05, 0.1) is 4.90 Å². The summed E-state index contributed by atoms with van der Waals surface area (Å²) in [6.07, 6.45) is 0.928. The van der Waals surface area contributed by atoms with Crippen LogP contribution in [0.25, 0.3) is 0 Å².